The Morgan fingerprint density at radius 1 is 1.32 bits per heavy atom. The molecule has 1 N–H and O–H groups in total. The van der Waals surface area contributed by atoms with Crippen molar-refractivity contribution in [2.75, 3.05) is 12.8 Å². The van der Waals surface area contributed by atoms with Crippen molar-refractivity contribution in [2.24, 2.45) is 0 Å². The maximum absolute atomic E-state index is 13.0. The number of carbonyl (C=O) groups excluding carboxylic acids is 1. The number of aliphatic hydroxyl groups excluding tert-OH is 1. The second-order valence-corrected chi connectivity index (χ2v) is 7.28. The van der Waals surface area contributed by atoms with Crippen molar-refractivity contribution in [3.63, 3.8) is 0 Å². The van der Waals surface area contributed by atoms with Crippen LogP contribution in [-0.4, -0.2) is 36.4 Å². The Balaban J connectivity index is 2.43. The van der Waals surface area contributed by atoms with Gasteiger partial charge in [-0.15, -0.1) is 0 Å². The number of hydrogen-bond acceptors (Lipinski definition) is 5. The van der Waals surface area contributed by atoms with Crippen LogP contribution in [0.25, 0.3) is 0 Å². The molecule has 0 amide bonds. The van der Waals surface area contributed by atoms with E-state index in [-0.39, 0.29) is 5.75 Å². The minimum Gasteiger partial charge on any atom is -0.501 e. The molecular formula is C14H16FNO5S. The molecule has 120 valence electrons. The van der Waals surface area contributed by atoms with Crippen molar-refractivity contribution in [3.8, 4) is 0 Å². The molecular weight excluding hydrogens is 313 g/mol. The predicted molar refractivity (Wildman–Crippen MR) is 76.7 cm³/mol. The highest BCUT2D eigenvalue weighted by Crippen LogP contribution is 2.39. The Morgan fingerprint density at radius 3 is 2.36 bits per heavy atom. The lowest BCUT2D eigenvalue weighted by Crippen LogP contribution is -2.33. The van der Waals surface area contributed by atoms with Gasteiger partial charge in [0.1, 0.15) is 5.82 Å². The molecule has 0 aliphatic carbocycles. The Morgan fingerprint density at radius 2 is 1.86 bits per heavy atom. The molecule has 1 aliphatic rings. The Bertz CT molecular complexity index is 741. The molecule has 1 unspecified atom stereocenters. The molecule has 0 fully saturated rings. The molecule has 2 rings (SSSR count). The zero-order valence-electron chi connectivity index (χ0n) is 12.3. The van der Waals surface area contributed by atoms with E-state index >= 15 is 0 Å². The average molecular weight is 329 g/mol. The normalized spacial score (nSPS) is 21.9. The summed E-state index contributed by atoms with van der Waals surface area (Å²) in [6.45, 7) is 2.82. The fourth-order valence-corrected chi connectivity index (χ4v) is 2.87. The van der Waals surface area contributed by atoms with Gasteiger partial charge >= 0.3 is 0 Å². The van der Waals surface area contributed by atoms with Crippen molar-refractivity contribution < 1.29 is 27.4 Å². The number of aliphatic hydroxyl groups is 1. The number of ether oxygens (including phenoxy) is 1. The van der Waals surface area contributed by atoms with E-state index in [9.17, 15) is 22.7 Å². The maximum atomic E-state index is 13.0. The van der Waals surface area contributed by atoms with E-state index < -0.39 is 38.9 Å². The van der Waals surface area contributed by atoms with Crippen molar-refractivity contribution >= 4 is 15.8 Å². The molecule has 1 atom stereocenters. The minimum absolute atomic E-state index is 0.217. The van der Waals surface area contributed by atoms with E-state index in [4.69, 9.17) is 4.74 Å². The largest absolute Gasteiger partial charge is 0.501 e. The third-order valence-corrected chi connectivity index (χ3v) is 5.34. The number of sulfonamides is 1. The molecule has 0 spiro atoms. The smallest absolute Gasteiger partial charge is 0.251 e. The maximum Gasteiger partial charge on any atom is 0.251 e. The zero-order valence-corrected chi connectivity index (χ0v) is 13.1. The summed E-state index contributed by atoms with van der Waals surface area (Å²) in [5.41, 5.74) is -1.30. The molecule has 0 aromatic heterocycles. The fourth-order valence-electron chi connectivity index (χ4n) is 2.10. The number of Topliss-reactive ketones (excluding diaryl/α,β-unsaturated/α-hetero) is 1. The summed E-state index contributed by atoms with van der Waals surface area (Å²) in [4.78, 5) is 12.3. The summed E-state index contributed by atoms with van der Waals surface area (Å²) in [6.07, 6.45) is 0. The Labute approximate surface area is 127 Å². The fraction of sp³-hybridized carbons (Fsp3) is 0.357. The first-order valence-electron chi connectivity index (χ1n) is 6.53. The van der Waals surface area contributed by atoms with Crippen LogP contribution in [0, 0.1) is 5.82 Å². The van der Waals surface area contributed by atoms with Crippen LogP contribution in [0.5, 0.6) is 0 Å². The molecule has 0 bridgehead atoms. The summed E-state index contributed by atoms with van der Waals surface area (Å²) >= 11 is 0. The molecule has 1 heterocycles. The topological polar surface area (TPSA) is 83.9 Å². The van der Waals surface area contributed by atoms with Gasteiger partial charge in [0.15, 0.2) is 5.60 Å². The average Bonchev–Trinajstić information content (AvgIpc) is 2.72. The van der Waals surface area contributed by atoms with E-state index in [0.29, 0.717) is 5.56 Å². The molecule has 1 aromatic rings. The highest BCUT2D eigenvalue weighted by atomic mass is 32.2. The number of hydrogen-bond donors (Lipinski definition) is 1. The molecule has 0 radical (unpaired) electrons. The van der Waals surface area contributed by atoms with Crippen LogP contribution in [-0.2, 0) is 25.2 Å². The van der Waals surface area contributed by atoms with Crippen LogP contribution in [0.1, 0.15) is 19.4 Å². The molecule has 8 heteroatoms. The van der Waals surface area contributed by atoms with E-state index in [1.807, 2.05) is 0 Å². The van der Waals surface area contributed by atoms with Crippen molar-refractivity contribution in [1.82, 2.24) is 4.31 Å². The first-order valence-corrected chi connectivity index (χ1v) is 8.14. The number of halogens is 1. The summed E-state index contributed by atoms with van der Waals surface area (Å²) in [5.74, 6) is -2.69. The Hall–Kier alpha value is -2.09. The monoisotopic (exact) mass is 329 g/mol. The molecule has 22 heavy (non-hydrogen) atoms. The molecule has 1 aliphatic heterocycles. The minimum atomic E-state index is -3.70. The van der Waals surface area contributed by atoms with Gasteiger partial charge in [0.2, 0.25) is 15.8 Å². The summed E-state index contributed by atoms with van der Waals surface area (Å²) < 4.78 is 42.9. The van der Waals surface area contributed by atoms with Gasteiger partial charge in [0, 0.05) is 12.6 Å². The predicted octanol–water partition coefficient (Wildman–Crippen LogP) is 1.65. The lowest BCUT2D eigenvalue weighted by Gasteiger charge is -2.26. The lowest BCUT2D eigenvalue weighted by atomic mass is 9.92. The standard InChI is InChI=1S/C14H16FNO5S/c1-4-22(19,20)16(3)13-11(17)12(18)14(2,21-13)9-5-7-10(15)8-6-9/h5-8,17H,4H2,1-3H3. The third kappa shape index (κ3) is 2.43. The lowest BCUT2D eigenvalue weighted by molar-refractivity contribution is -0.132. The van der Waals surface area contributed by atoms with Gasteiger partial charge in [0.05, 0.1) is 5.75 Å². The van der Waals surface area contributed by atoms with E-state index in [2.05, 4.69) is 0 Å². The summed E-state index contributed by atoms with van der Waals surface area (Å²) in [5, 5.41) is 9.96. The Kier molecular flexibility index (Phi) is 3.90. The SMILES string of the molecule is CCS(=O)(=O)N(C)C1=C(O)C(=O)C(C)(c2ccc(F)cc2)O1. The highest BCUT2D eigenvalue weighted by molar-refractivity contribution is 7.89. The molecule has 6 nitrogen and oxygen atoms in total. The van der Waals surface area contributed by atoms with Crippen LogP contribution in [0.3, 0.4) is 0 Å². The summed E-state index contributed by atoms with van der Waals surface area (Å²) in [6, 6.07) is 4.99. The second-order valence-electron chi connectivity index (χ2n) is 4.99. The quantitative estimate of drug-likeness (QED) is 0.908. The molecule has 0 saturated heterocycles. The highest BCUT2D eigenvalue weighted by Gasteiger charge is 2.50. The number of benzene rings is 1. The van der Waals surface area contributed by atoms with Crippen molar-refractivity contribution in [3.05, 3.63) is 47.3 Å². The third-order valence-electron chi connectivity index (χ3n) is 3.61. The van der Waals surface area contributed by atoms with E-state index in [1.165, 1.54) is 33.0 Å². The van der Waals surface area contributed by atoms with Crippen LogP contribution >= 0.6 is 0 Å². The number of ketones is 1. The number of carbonyl (C=O) groups is 1. The number of nitrogens with zero attached hydrogens (tertiary/aromatic N) is 1. The number of rotatable bonds is 4. The van der Waals surface area contributed by atoms with Crippen LogP contribution in [0.2, 0.25) is 0 Å². The first-order chi connectivity index (χ1) is 10.1. The molecule has 1 aromatic carbocycles. The van der Waals surface area contributed by atoms with Crippen molar-refractivity contribution in [1.29, 1.82) is 0 Å². The second kappa shape index (κ2) is 5.28. The molecule has 0 saturated carbocycles. The van der Waals surface area contributed by atoms with Gasteiger partial charge in [-0.2, -0.15) is 0 Å². The summed E-state index contributed by atoms with van der Waals surface area (Å²) in [7, 11) is -2.51. The zero-order chi connectivity index (χ0) is 16.7. The van der Waals surface area contributed by atoms with Crippen LogP contribution < -0.4 is 0 Å². The van der Waals surface area contributed by atoms with Gasteiger partial charge in [-0.3, -0.25) is 4.79 Å². The first kappa shape index (κ1) is 16.3. The van der Waals surface area contributed by atoms with Crippen molar-refractivity contribution in [2.45, 2.75) is 19.4 Å². The van der Waals surface area contributed by atoms with Gasteiger partial charge < -0.3 is 9.84 Å². The van der Waals surface area contributed by atoms with Gasteiger partial charge in [0.25, 0.3) is 11.7 Å². The van der Waals surface area contributed by atoms with Crippen LogP contribution in [0.4, 0.5) is 4.39 Å². The van der Waals surface area contributed by atoms with E-state index in [1.54, 1.807) is 0 Å². The van der Waals surface area contributed by atoms with Crippen LogP contribution in [0.15, 0.2) is 35.9 Å². The van der Waals surface area contributed by atoms with E-state index in [0.717, 1.165) is 16.4 Å². The van der Waals surface area contributed by atoms with Gasteiger partial charge in [-0.05, 0) is 26.0 Å². The van der Waals surface area contributed by atoms with Gasteiger partial charge in [-0.25, -0.2) is 17.1 Å². The van der Waals surface area contributed by atoms with Gasteiger partial charge in [-0.1, -0.05) is 12.1 Å².